The van der Waals surface area contributed by atoms with Gasteiger partial charge in [-0.3, -0.25) is 4.79 Å². The van der Waals surface area contributed by atoms with Crippen LogP contribution in [-0.4, -0.2) is 17.0 Å². The van der Waals surface area contributed by atoms with Gasteiger partial charge in [0.2, 0.25) is 0 Å². The highest BCUT2D eigenvalue weighted by molar-refractivity contribution is 6.01. The zero-order chi connectivity index (χ0) is 17.3. The zero-order valence-corrected chi connectivity index (χ0v) is 15.6. The molecule has 0 radical (unpaired) electrons. The summed E-state index contributed by atoms with van der Waals surface area (Å²) in [5, 5.41) is 11.3. The molecule has 4 aliphatic carbocycles. The van der Waals surface area contributed by atoms with Crippen molar-refractivity contribution in [3.8, 4) is 0 Å². The van der Waals surface area contributed by atoms with Gasteiger partial charge in [0.25, 0.3) is 0 Å². The van der Waals surface area contributed by atoms with E-state index in [0.717, 1.165) is 24.7 Å². The summed E-state index contributed by atoms with van der Waals surface area (Å²) >= 11 is 0. The van der Waals surface area contributed by atoms with Crippen LogP contribution in [0.3, 0.4) is 0 Å². The zero-order valence-electron chi connectivity index (χ0n) is 15.6. The lowest BCUT2D eigenvalue weighted by atomic mass is 9.44. The molecule has 2 unspecified atom stereocenters. The number of fused-ring (bicyclic) bond motifs is 5. The van der Waals surface area contributed by atoms with Crippen molar-refractivity contribution in [1.82, 2.24) is 0 Å². The quantitative estimate of drug-likeness (QED) is 0.767. The molecule has 132 valence electrons. The number of allylic oxidation sites excluding steroid dienone is 4. The number of carbonyl (C=O) groups excluding carboxylic acids is 1. The van der Waals surface area contributed by atoms with Crippen LogP contribution in [0.25, 0.3) is 0 Å². The molecule has 2 nitrogen and oxygen atoms in total. The number of aliphatic hydroxyl groups is 1. The van der Waals surface area contributed by atoms with E-state index in [1.807, 2.05) is 6.08 Å². The maximum absolute atomic E-state index is 11.9. The summed E-state index contributed by atoms with van der Waals surface area (Å²) in [5.41, 5.74) is 1.43. The molecule has 0 aliphatic heterocycles. The van der Waals surface area contributed by atoms with Crippen molar-refractivity contribution in [1.29, 1.82) is 0 Å². The Morgan fingerprint density at radius 1 is 1.29 bits per heavy atom. The lowest BCUT2D eigenvalue weighted by Crippen LogP contribution is -2.58. The fourth-order valence-corrected chi connectivity index (χ4v) is 7.42. The minimum atomic E-state index is -0.252. The van der Waals surface area contributed by atoms with Gasteiger partial charge >= 0.3 is 0 Å². The second-order valence-electron chi connectivity index (χ2n) is 9.54. The van der Waals surface area contributed by atoms with E-state index in [2.05, 4.69) is 33.8 Å². The molecule has 3 saturated carbocycles. The van der Waals surface area contributed by atoms with Crippen LogP contribution >= 0.6 is 0 Å². The van der Waals surface area contributed by atoms with Gasteiger partial charge < -0.3 is 5.11 Å². The van der Waals surface area contributed by atoms with E-state index in [4.69, 9.17) is 0 Å². The van der Waals surface area contributed by atoms with Crippen molar-refractivity contribution in [3.63, 3.8) is 0 Å². The van der Waals surface area contributed by atoms with Crippen molar-refractivity contribution >= 4 is 5.78 Å². The van der Waals surface area contributed by atoms with E-state index in [1.165, 1.54) is 24.8 Å². The lowest BCUT2D eigenvalue weighted by Gasteiger charge is -2.60. The third kappa shape index (κ3) is 2.01. The molecule has 0 amide bonds. The summed E-state index contributed by atoms with van der Waals surface area (Å²) in [7, 11) is 0. The lowest BCUT2D eigenvalue weighted by molar-refractivity contribution is -0.132. The fourth-order valence-electron chi connectivity index (χ4n) is 7.42. The van der Waals surface area contributed by atoms with Crippen LogP contribution in [0.4, 0.5) is 0 Å². The predicted molar refractivity (Wildman–Crippen MR) is 96.3 cm³/mol. The number of ketones is 1. The molecule has 4 aliphatic rings. The van der Waals surface area contributed by atoms with E-state index in [0.29, 0.717) is 17.3 Å². The fraction of sp³-hybridized carbons (Fsp3) is 0.773. The summed E-state index contributed by atoms with van der Waals surface area (Å²) in [6.45, 7) is 9.40. The first-order valence-corrected chi connectivity index (χ1v) is 9.93. The molecule has 0 aromatic heterocycles. The van der Waals surface area contributed by atoms with E-state index >= 15 is 0 Å². The summed E-state index contributed by atoms with van der Waals surface area (Å²) in [6, 6.07) is 0. The van der Waals surface area contributed by atoms with Gasteiger partial charge in [0.1, 0.15) is 0 Å². The highest BCUT2D eigenvalue weighted by atomic mass is 16.3. The SMILES string of the molecule is CC[C@H]1CC[C@H]2[C@@H]3C(C)CC4=CC(=O)C=C[C@]4(C)C3[C@@H](O)C[C@]12C. The average Bonchev–Trinajstić information content (AvgIpc) is 2.84. The average molecular weight is 328 g/mol. The standard InChI is InChI=1S/C22H32O2/c1-5-14-6-7-17-19-13(2)10-15-11-16(23)8-9-21(15,3)20(19)18(24)12-22(14,17)4/h8-9,11,13-14,17-20,24H,5-7,10,12H2,1-4H3/t13?,14-,17-,18-,19-,20?,21-,22+/m0/s1. The van der Waals surface area contributed by atoms with Crippen LogP contribution in [-0.2, 0) is 4.79 Å². The second kappa shape index (κ2) is 5.30. The van der Waals surface area contributed by atoms with Gasteiger partial charge in [-0.05, 0) is 66.9 Å². The summed E-state index contributed by atoms with van der Waals surface area (Å²) < 4.78 is 0. The third-order valence-electron chi connectivity index (χ3n) is 8.54. The number of hydrogen-bond acceptors (Lipinski definition) is 2. The molecule has 0 spiro atoms. The topological polar surface area (TPSA) is 37.3 Å². The monoisotopic (exact) mass is 328 g/mol. The Morgan fingerprint density at radius 2 is 2.04 bits per heavy atom. The van der Waals surface area contributed by atoms with Gasteiger partial charge in [0, 0.05) is 11.3 Å². The first kappa shape index (κ1) is 16.6. The Kier molecular flexibility index (Phi) is 3.66. The Balaban J connectivity index is 1.78. The minimum Gasteiger partial charge on any atom is -0.393 e. The third-order valence-corrected chi connectivity index (χ3v) is 8.54. The molecule has 3 fully saturated rings. The normalized spacial score (nSPS) is 53.2. The van der Waals surface area contributed by atoms with Crippen LogP contribution in [0.15, 0.2) is 23.8 Å². The highest BCUT2D eigenvalue weighted by Gasteiger charge is 2.62. The molecule has 0 aromatic rings. The minimum absolute atomic E-state index is 0.121. The molecular weight excluding hydrogens is 296 g/mol. The number of hydrogen-bond donors (Lipinski definition) is 1. The number of aliphatic hydroxyl groups excluding tert-OH is 1. The van der Waals surface area contributed by atoms with Crippen molar-refractivity contribution in [2.75, 3.05) is 0 Å². The Morgan fingerprint density at radius 3 is 2.75 bits per heavy atom. The van der Waals surface area contributed by atoms with Gasteiger partial charge in [-0.1, -0.05) is 45.8 Å². The van der Waals surface area contributed by atoms with Gasteiger partial charge in [-0.25, -0.2) is 0 Å². The molecule has 0 heterocycles. The molecule has 24 heavy (non-hydrogen) atoms. The Hall–Kier alpha value is -0.890. The molecule has 0 bridgehead atoms. The molecule has 0 aromatic carbocycles. The van der Waals surface area contributed by atoms with Crippen LogP contribution in [0.5, 0.6) is 0 Å². The molecular formula is C22H32O2. The van der Waals surface area contributed by atoms with Crippen molar-refractivity contribution in [2.45, 2.75) is 65.9 Å². The van der Waals surface area contributed by atoms with Crippen molar-refractivity contribution in [3.05, 3.63) is 23.8 Å². The Labute approximate surface area is 146 Å². The van der Waals surface area contributed by atoms with Crippen LogP contribution in [0.1, 0.15) is 59.8 Å². The number of rotatable bonds is 1. The Bertz CT molecular complexity index is 617. The van der Waals surface area contributed by atoms with Crippen LogP contribution < -0.4 is 0 Å². The molecule has 1 N–H and O–H groups in total. The summed E-state index contributed by atoms with van der Waals surface area (Å²) in [6.07, 6.45) is 11.3. The molecule has 4 rings (SSSR count). The molecule has 8 atom stereocenters. The largest absolute Gasteiger partial charge is 0.393 e. The highest BCUT2D eigenvalue weighted by Crippen LogP contribution is 2.67. The predicted octanol–water partition coefficient (Wildman–Crippen LogP) is 4.54. The van der Waals surface area contributed by atoms with Gasteiger partial charge in [-0.15, -0.1) is 0 Å². The first-order chi connectivity index (χ1) is 11.3. The maximum atomic E-state index is 11.9. The van der Waals surface area contributed by atoms with E-state index < -0.39 is 0 Å². The molecule has 2 heteroatoms. The van der Waals surface area contributed by atoms with Crippen molar-refractivity contribution in [2.24, 2.45) is 40.4 Å². The van der Waals surface area contributed by atoms with E-state index in [-0.39, 0.29) is 23.2 Å². The first-order valence-electron chi connectivity index (χ1n) is 9.93. The van der Waals surface area contributed by atoms with Crippen LogP contribution in [0, 0.1) is 40.4 Å². The van der Waals surface area contributed by atoms with Crippen molar-refractivity contribution < 1.29 is 9.90 Å². The smallest absolute Gasteiger partial charge is 0.178 e. The van der Waals surface area contributed by atoms with Gasteiger partial charge in [0.05, 0.1) is 6.10 Å². The van der Waals surface area contributed by atoms with E-state index in [9.17, 15) is 9.90 Å². The maximum Gasteiger partial charge on any atom is 0.178 e. The molecule has 0 saturated heterocycles. The second-order valence-corrected chi connectivity index (χ2v) is 9.54. The summed E-state index contributed by atoms with van der Waals surface area (Å²) in [5.74, 6) is 3.02. The van der Waals surface area contributed by atoms with Gasteiger partial charge in [-0.2, -0.15) is 0 Å². The summed E-state index contributed by atoms with van der Waals surface area (Å²) in [4.78, 5) is 11.9. The number of carbonyl (C=O) groups is 1. The van der Waals surface area contributed by atoms with E-state index in [1.54, 1.807) is 6.08 Å². The van der Waals surface area contributed by atoms with Crippen LogP contribution in [0.2, 0.25) is 0 Å². The van der Waals surface area contributed by atoms with Gasteiger partial charge in [0.15, 0.2) is 5.78 Å².